The first-order valence-corrected chi connectivity index (χ1v) is 9.63. The maximum Gasteiger partial charge on any atom is 0.416 e. The zero-order valence-corrected chi connectivity index (χ0v) is 16.7. The predicted octanol–water partition coefficient (Wildman–Crippen LogP) is 2.86. The molecule has 0 amide bonds. The molecule has 170 valence electrons. The van der Waals surface area contributed by atoms with Crippen LogP contribution in [0.3, 0.4) is 0 Å². The van der Waals surface area contributed by atoms with Gasteiger partial charge in [-0.1, -0.05) is 24.3 Å². The Morgan fingerprint density at radius 1 is 1.09 bits per heavy atom. The molecule has 1 fully saturated rings. The Morgan fingerprint density at radius 2 is 1.78 bits per heavy atom. The normalized spacial score (nSPS) is 18.5. The highest BCUT2D eigenvalue weighted by Gasteiger charge is 2.31. The molecule has 0 aliphatic carbocycles. The summed E-state index contributed by atoms with van der Waals surface area (Å²) in [4.78, 5) is 8.36. The molecular weight excluding hydrogens is 429 g/mol. The van der Waals surface area contributed by atoms with E-state index in [4.69, 9.17) is 9.90 Å². The van der Waals surface area contributed by atoms with E-state index in [1.54, 1.807) is 12.1 Å². The minimum Gasteiger partial charge on any atom is -0.507 e. The van der Waals surface area contributed by atoms with Gasteiger partial charge >= 0.3 is 6.18 Å². The van der Waals surface area contributed by atoms with Crippen LogP contribution in [0.2, 0.25) is 0 Å². The van der Waals surface area contributed by atoms with E-state index in [2.05, 4.69) is 20.8 Å². The van der Waals surface area contributed by atoms with Crippen LogP contribution < -0.4 is 10.6 Å². The fourth-order valence-corrected chi connectivity index (χ4v) is 3.54. The Balaban J connectivity index is 0.000000913. The van der Waals surface area contributed by atoms with Gasteiger partial charge in [0.15, 0.2) is 5.82 Å². The van der Waals surface area contributed by atoms with Gasteiger partial charge in [-0.05, 0) is 24.6 Å². The number of piperidine rings is 1. The molecule has 5 N–H and O–H groups in total. The number of anilines is 1. The van der Waals surface area contributed by atoms with E-state index in [0.29, 0.717) is 42.5 Å². The summed E-state index contributed by atoms with van der Waals surface area (Å²) < 4.78 is 38.7. The summed E-state index contributed by atoms with van der Waals surface area (Å²) in [6, 6.07) is 9.95. The number of benzene rings is 2. The van der Waals surface area contributed by atoms with Gasteiger partial charge in [0.2, 0.25) is 0 Å². The molecule has 2 aromatic carbocycles. The minimum absolute atomic E-state index is 0.0400. The molecule has 4 rings (SSSR count). The largest absolute Gasteiger partial charge is 0.507 e. The molecule has 0 unspecified atom stereocenters. The van der Waals surface area contributed by atoms with Crippen LogP contribution in [0.1, 0.15) is 12.0 Å². The zero-order chi connectivity index (χ0) is 23.3. The molecule has 1 aliphatic heterocycles. The topological polar surface area (TPSA) is 128 Å². The molecule has 0 spiro atoms. The van der Waals surface area contributed by atoms with Crippen LogP contribution in [0.15, 0.2) is 42.5 Å². The standard InChI is InChI=1S/C20H19F3N4O2.CH2O2/c21-20(22,23)11-5-6-16(17(29)7-11)18-14-3-1-2-4-15(14)19(27-26-18)25-12-8-13(28)10-24-9-12;2-1-3/h1-7,12-13,24,28-29H,8-10H2,(H,25,27);1H,(H,2,3)/t12-,13-;/m1./s1. The number of alkyl halides is 3. The van der Waals surface area contributed by atoms with Gasteiger partial charge in [-0.2, -0.15) is 13.2 Å². The Bertz CT molecular complexity index is 1090. The van der Waals surface area contributed by atoms with Crippen molar-refractivity contribution in [3.05, 3.63) is 48.0 Å². The fourth-order valence-electron chi connectivity index (χ4n) is 3.54. The number of carbonyl (C=O) groups is 1. The van der Waals surface area contributed by atoms with Crippen molar-refractivity contribution in [3.63, 3.8) is 0 Å². The molecule has 11 heteroatoms. The van der Waals surface area contributed by atoms with Crippen LogP contribution in [-0.4, -0.2) is 57.2 Å². The van der Waals surface area contributed by atoms with Crippen molar-refractivity contribution in [2.45, 2.75) is 24.7 Å². The lowest BCUT2D eigenvalue weighted by Gasteiger charge is -2.28. The maximum atomic E-state index is 12.9. The highest BCUT2D eigenvalue weighted by atomic mass is 19.4. The summed E-state index contributed by atoms with van der Waals surface area (Å²) in [7, 11) is 0. The number of nitrogens with zero attached hydrogens (tertiary/aromatic N) is 2. The fraction of sp³-hybridized carbons (Fsp3) is 0.286. The number of aromatic hydroxyl groups is 1. The van der Waals surface area contributed by atoms with Crippen molar-refractivity contribution >= 4 is 23.1 Å². The van der Waals surface area contributed by atoms with Crippen molar-refractivity contribution in [2.24, 2.45) is 0 Å². The van der Waals surface area contributed by atoms with Gasteiger partial charge in [0, 0.05) is 35.5 Å². The van der Waals surface area contributed by atoms with Crippen LogP contribution in [0.25, 0.3) is 22.0 Å². The Morgan fingerprint density at radius 3 is 2.41 bits per heavy atom. The molecule has 1 aliphatic rings. The van der Waals surface area contributed by atoms with Crippen molar-refractivity contribution < 1.29 is 33.3 Å². The van der Waals surface area contributed by atoms with E-state index >= 15 is 0 Å². The molecule has 1 aromatic heterocycles. The first-order chi connectivity index (χ1) is 15.2. The summed E-state index contributed by atoms with van der Waals surface area (Å²) >= 11 is 0. The first-order valence-electron chi connectivity index (χ1n) is 9.63. The highest BCUT2D eigenvalue weighted by molar-refractivity contribution is 6.00. The average molecular weight is 450 g/mol. The molecule has 2 atom stereocenters. The number of β-amino-alcohol motifs (C(OH)–C–C–N with tert-alkyl or cyclic N) is 1. The SMILES string of the molecule is O=CO.Oc1cc(C(F)(F)F)ccc1-c1nnc(N[C@H]2CNC[C@H](O)C2)c2ccccc12. The third kappa shape index (κ3) is 5.24. The zero-order valence-electron chi connectivity index (χ0n) is 16.7. The lowest BCUT2D eigenvalue weighted by Crippen LogP contribution is -2.45. The lowest BCUT2D eigenvalue weighted by molar-refractivity contribution is -0.137. The maximum absolute atomic E-state index is 12.9. The Kier molecular flexibility index (Phi) is 7.11. The molecule has 0 radical (unpaired) electrons. The third-order valence-corrected chi connectivity index (χ3v) is 4.94. The minimum atomic E-state index is -4.55. The monoisotopic (exact) mass is 450 g/mol. The predicted molar refractivity (Wildman–Crippen MR) is 111 cm³/mol. The Hall–Kier alpha value is -3.44. The second-order valence-corrected chi connectivity index (χ2v) is 7.17. The number of rotatable bonds is 3. The van der Waals surface area contributed by atoms with Crippen LogP contribution in [0, 0.1) is 0 Å². The van der Waals surface area contributed by atoms with Crippen LogP contribution in [0.4, 0.5) is 19.0 Å². The van der Waals surface area contributed by atoms with Gasteiger partial charge in [-0.3, -0.25) is 4.79 Å². The van der Waals surface area contributed by atoms with Crippen molar-refractivity contribution in [1.29, 1.82) is 0 Å². The summed E-state index contributed by atoms with van der Waals surface area (Å²) in [6.45, 7) is 0.950. The van der Waals surface area contributed by atoms with E-state index < -0.39 is 23.6 Å². The lowest BCUT2D eigenvalue weighted by atomic mass is 10.0. The number of aromatic nitrogens is 2. The number of carboxylic acid groups (broad SMARTS) is 1. The summed E-state index contributed by atoms with van der Waals surface area (Å²) in [5, 5.41) is 43.1. The number of aliphatic hydroxyl groups excluding tert-OH is 1. The quantitative estimate of drug-likeness (QED) is 0.386. The number of nitrogens with one attached hydrogen (secondary N) is 2. The third-order valence-electron chi connectivity index (χ3n) is 4.94. The number of phenols is 1. The van der Waals surface area contributed by atoms with Gasteiger partial charge < -0.3 is 26.0 Å². The second kappa shape index (κ2) is 9.79. The van der Waals surface area contributed by atoms with Gasteiger partial charge in [-0.25, -0.2) is 0 Å². The van der Waals surface area contributed by atoms with Crippen molar-refractivity contribution in [3.8, 4) is 17.0 Å². The van der Waals surface area contributed by atoms with Crippen LogP contribution in [-0.2, 0) is 11.0 Å². The number of phenolic OH excluding ortho intramolecular Hbond substituents is 1. The van der Waals surface area contributed by atoms with Crippen LogP contribution in [0.5, 0.6) is 5.75 Å². The number of halogens is 3. The van der Waals surface area contributed by atoms with Gasteiger partial charge in [0.05, 0.1) is 11.7 Å². The number of fused-ring (bicyclic) bond motifs is 1. The molecule has 0 saturated carbocycles. The molecule has 2 heterocycles. The van der Waals surface area contributed by atoms with Crippen LogP contribution >= 0.6 is 0 Å². The molecule has 1 saturated heterocycles. The number of hydrogen-bond donors (Lipinski definition) is 5. The first kappa shape index (κ1) is 23.2. The van der Waals surface area contributed by atoms with E-state index in [1.165, 1.54) is 6.07 Å². The molecular formula is C21H21F3N4O4. The highest BCUT2D eigenvalue weighted by Crippen LogP contribution is 2.38. The van der Waals surface area contributed by atoms with E-state index in [9.17, 15) is 23.4 Å². The van der Waals surface area contributed by atoms with Gasteiger partial charge in [0.25, 0.3) is 6.47 Å². The summed E-state index contributed by atoms with van der Waals surface area (Å²) in [5.41, 5.74) is -0.472. The number of hydrogen-bond acceptors (Lipinski definition) is 7. The summed E-state index contributed by atoms with van der Waals surface area (Å²) in [5.74, 6) is -0.00348. The smallest absolute Gasteiger partial charge is 0.416 e. The molecule has 32 heavy (non-hydrogen) atoms. The Labute approximate surface area is 180 Å². The van der Waals surface area contributed by atoms with E-state index in [-0.39, 0.29) is 18.1 Å². The van der Waals surface area contributed by atoms with Gasteiger partial charge in [0.1, 0.15) is 11.4 Å². The van der Waals surface area contributed by atoms with E-state index in [0.717, 1.165) is 11.5 Å². The molecule has 3 aromatic rings. The summed E-state index contributed by atoms with van der Waals surface area (Å²) in [6.07, 6.45) is -4.44. The molecule has 8 nitrogen and oxygen atoms in total. The number of aliphatic hydroxyl groups is 1. The van der Waals surface area contributed by atoms with Crippen molar-refractivity contribution in [1.82, 2.24) is 15.5 Å². The molecule has 0 bridgehead atoms. The van der Waals surface area contributed by atoms with Gasteiger partial charge in [-0.15, -0.1) is 10.2 Å². The second-order valence-electron chi connectivity index (χ2n) is 7.17. The van der Waals surface area contributed by atoms with E-state index in [1.807, 2.05) is 12.1 Å². The van der Waals surface area contributed by atoms with Crippen molar-refractivity contribution in [2.75, 3.05) is 18.4 Å². The average Bonchev–Trinajstić information content (AvgIpc) is 2.74.